The fraction of sp³-hybridized carbons (Fsp3) is 0.308. The van der Waals surface area contributed by atoms with Gasteiger partial charge in [-0.3, -0.25) is 14.1 Å². The van der Waals surface area contributed by atoms with Crippen molar-refractivity contribution in [3.05, 3.63) is 34.9 Å². The maximum atomic E-state index is 5.29. The standard InChI is InChI=1S/C13H15N5S/c1-3-7-18-12(15-16-13(18)19)11-9(2)14-10-6-4-5-8-17(10)11/h4-6,8H,3,7H2,1-2H3,(H,16,19). The molecule has 0 fully saturated rings. The quantitative estimate of drug-likeness (QED) is 0.746. The first kappa shape index (κ1) is 12.1. The Morgan fingerprint density at radius 1 is 1.37 bits per heavy atom. The molecule has 0 aliphatic rings. The van der Waals surface area contributed by atoms with Gasteiger partial charge in [0.1, 0.15) is 11.3 Å². The van der Waals surface area contributed by atoms with E-state index in [1.54, 1.807) is 0 Å². The molecule has 0 saturated carbocycles. The number of hydrogen-bond acceptors (Lipinski definition) is 3. The van der Waals surface area contributed by atoms with Gasteiger partial charge in [0, 0.05) is 12.7 Å². The zero-order valence-corrected chi connectivity index (χ0v) is 11.7. The number of nitrogens with zero attached hydrogens (tertiary/aromatic N) is 4. The Bertz CT molecular complexity index is 780. The molecule has 0 aromatic carbocycles. The highest BCUT2D eigenvalue weighted by atomic mass is 32.1. The van der Waals surface area contributed by atoms with Gasteiger partial charge in [-0.15, -0.1) is 0 Å². The van der Waals surface area contributed by atoms with Crippen LogP contribution in [0.15, 0.2) is 24.4 Å². The van der Waals surface area contributed by atoms with Crippen LogP contribution in [0.1, 0.15) is 19.0 Å². The van der Waals surface area contributed by atoms with Crippen LogP contribution in [0.2, 0.25) is 0 Å². The van der Waals surface area contributed by atoms with Crippen molar-refractivity contribution in [2.75, 3.05) is 0 Å². The number of rotatable bonds is 3. The average molecular weight is 273 g/mol. The van der Waals surface area contributed by atoms with Crippen LogP contribution < -0.4 is 0 Å². The summed E-state index contributed by atoms with van der Waals surface area (Å²) >= 11 is 5.29. The minimum atomic E-state index is 0.655. The normalized spacial score (nSPS) is 11.3. The summed E-state index contributed by atoms with van der Waals surface area (Å²) in [5, 5.41) is 7.25. The van der Waals surface area contributed by atoms with E-state index in [1.807, 2.05) is 40.3 Å². The van der Waals surface area contributed by atoms with Crippen LogP contribution in [0, 0.1) is 11.7 Å². The fourth-order valence-electron chi connectivity index (χ4n) is 2.31. The molecule has 0 saturated heterocycles. The lowest BCUT2D eigenvalue weighted by Crippen LogP contribution is -2.02. The molecule has 3 heterocycles. The zero-order chi connectivity index (χ0) is 13.4. The maximum absolute atomic E-state index is 5.29. The van der Waals surface area contributed by atoms with Crippen molar-refractivity contribution in [2.45, 2.75) is 26.8 Å². The molecule has 0 unspecified atom stereocenters. The molecule has 0 atom stereocenters. The van der Waals surface area contributed by atoms with Gasteiger partial charge in [-0.05, 0) is 37.7 Å². The molecule has 0 radical (unpaired) electrons. The molecule has 98 valence electrons. The second-order valence-electron chi connectivity index (χ2n) is 4.48. The predicted octanol–water partition coefficient (Wildman–Crippen LogP) is 2.97. The van der Waals surface area contributed by atoms with Gasteiger partial charge in [0.2, 0.25) is 0 Å². The van der Waals surface area contributed by atoms with E-state index in [0.29, 0.717) is 4.77 Å². The van der Waals surface area contributed by atoms with E-state index in [0.717, 1.165) is 35.8 Å². The average Bonchev–Trinajstić information content (AvgIpc) is 2.91. The summed E-state index contributed by atoms with van der Waals surface area (Å²) in [6.07, 6.45) is 3.01. The van der Waals surface area contributed by atoms with Crippen LogP contribution >= 0.6 is 12.2 Å². The van der Waals surface area contributed by atoms with Crippen molar-refractivity contribution in [3.8, 4) is 11.5 Å². The van der Waals surface area contributed by atoms with Crippen LogP contribution in [0.5, 0.6) is 0 Å². The van der Waals surface area contributed by atoms with Crippen LogP contribution in [0.3, 0.4) is 0 Å². The molecule has 0 spiro atoms. The molecule has 1 N–H and O–H groups in total. The molecule has 0 aliphatic heterocycles. The third-order valence-electron chi connectivity index (χ3n) is 3.12. The monoisotopic (exact) mass is 273 g/mol. The van der Waals surface area contributed by atoms with Gasteiger partial charge >= 0.3 is 0 Å². The van der Waals surface area contributed by atoms with Crippen LogP contribution in [0.4, 0.5) is 0 Å². The smallest absolute Gasteiger partial charge is 0.195 e. The molecule has 3 aromatic heterocycles. The highest BCUT2D eigenvalue weighted by molar-refractivity contribution is 7.71. The minimum Gasteiger partial charge on any atom is -0.299 e. The van der Waals surface area contributed by atoms with Crippen LogP contribution in [-0.2, 0) is 6.54 Å². The molecule has 0 aliphatic carbocycles. The Hall–Kier alpha value is -1.95. The van der Waals surface area contributed by atoms with Gasteiger partial charge in [-0.2, -0.15) is 5.10 Å². The molecule has 0 amide bonds. The van der Waals surface area contributed by atoms with E-state index < -0.39 is 0 Å². The largest absolute Gasteiger partial charge is 0.299 e. The second kappa shape index (κ2) is 4.62. The number of aromatic amines is 1. The van der Waals surface area contributed by atoms with E-state index >= 15 is 0 Å². The lowest BCUT2D eigenvalue weighted by atomic mass is 10.3. The topological polar surface area (TPSA) is 50.9 Å². The molecular weight excluding hydrogens is 258 g/mol. The highest BCUT2D eigenvalue weighted by Crippen LogP contribution is 2.23. The van der Waals surface area contributed by atoms with Crippen molar-refractivity contribution in [3.63, 3.8) is 0 Å². The number of hydrogen-bond donors (Lipinski definition) is 1. The van der Waals surface area contributed by atoms with Crippen molar-refractivity contribution >= 4 is 17.9 Å². The molecule has 0 bridgehead atoms. The first-order chi connectivity index (χ1) is 9.22. The summed E-state index contributed by atoms with van der Waals surface area (Å²) in [5.74, 6) is 0.850. The van der Waals surface area contributed by atoms with Gasteiger partial charge < -0.3 is 0 Å². The molecular formula is C13H15N5S. The summed E-state index contributed by atoms with van der Waals surface area (Å²) in [6, 6.07) is 5.96. The lowest BCUT2D eigenvalue weighted by Gasteiger charge is -2.05. The van der Waals surface area contributed by atoms with Crippen LogP contribution in [0.25, 0.3) is 17.2 Å². The summed E-state index contributed by atoms with van der Waals surface area (Å²) in [4.78, 5) is 4.56. The summed E-state index contributed by atoms with van der Waals surface area (Å²) < 4.78 is 4.73. The van der Waals surface area contributed by atoms with Gasteiger partial charge in [-0.1, -0.05) is 13.0 Å². The van der Waals surface area contributed by atoms with E-state index in [2.05, 4.69) is 22.1 Å². The number of pyridine rings is 1. The van der Waals surface area contributed by atoms with E-state index in [9.17, 15) is 0 Å². The van der Waals surface area contributed by atoms with Gasteiger partial charge in [-0.25, -0.2) is 4.98 Å². The maximum Gasteiger partial charge on any atom is 0.195 e. The Labute approximate surface area is 115 Å². The number of H-pyrrole nitrogens is 1. The molecule has 5 nitrogen and oxygen atoms in total. The zero-order valence-electron chi connectivity index (χ0n) is 10.9. The third kappa shape index (κ3) is 1.88. The van der Waals surface area contributed by atoms with E-state index in [1.165, 1.54) is 0 Å². The predicted molar refractivity (Wildman–Crippen MR) is 76.6 cm³/mol. The van der Waals surface area contributed by atoms with Crippen LogP contribution in [-0.4, -0.2) is 24.1 Å². The molecule has 3 rings (SSSR count). The highest BCUT2D eigenvalue weighted by Gasteiger charge is 2.16. The number of aryl methyl sites for hydroxylation is 1. The molecule has 6 heteroatoms. The number of fused-ring (bicyclic) bond motifs is 1. The number of aromatic nitrogens is 5. The Balaban J connectivity index is 2.30. The first-order valence-electron chi connectivity index (χ1n) is 6.31. The van der Waals surface area contributed by atoms with E-state index in [4.69, 9.17) is 12.2 Å². The van der Waals surface area contributed by atoms with Gasteiger partial charge in [0.25, 0.3) is 0 Å². The first-order valence-corrected chi connectivity index (χ1v) is 6.72. The Kier molecular flexibility index (Phi) is 2.94. The van der Waals surface area contributed by atoms with Crippen molar-refractivity contribution in [1.29, 1.82) is 0 Å². The summed E-state index contributed by atoms with van der Waals surface area (Å²) in [7, 11) is 0. The Morgan fingerprint density at radius 3 is 3.00 bits per heavy atom. The van der Waals surface area contributed by atoms with Gasteiger partial charge in [0.15, 0.2) is 10.6 Å². The number of nitrogens with one attached hydrogen (secondary N) is 1. The molecule has 3 aromatic rings. The second-order valence-corrected chi connectivity index (χ2v) is 4.87. The fourth-order valence-corrected chi connectivity index (χ4v) is 2.54. The van der Waals surface area contributed by atoms with Gasteiger partial charge in [0.05, 0.1) is 5.69 Å². The third-order valence-corrected chi connectivity index (χ3v) is 3.43. The summed E-state index contributed by atoms with van der Waals surface area (Å²) in [5.41, 5.74) is 2.88. The summed E-state index contributed by atoms with van der Waals surface area (Å²) in [6.45, 7) is 4.97. The Morgan fingerprint density at radius 2 is 2.21 bits per heavy atom. The SMILES string of the molecule is CCCn1c(-c2c(C)nc3ccccn23)n[nH]c1=S. The molecule has 19 heavy (non-hydrogen) atoms. The number of imidazole rings is 1. The van der Waals surface area contributed by atoms with Crippen molar-refractivity contribution < 1.29 is 0 Å². The van der Waals surface area contributed by atoms with Crippen molar-refractivity contribution in [1.82, 2.24) is 24.1 Å². The minimum absolute atomic E-state index is 0.655. The van der Waals surface area contributed by atoms with Crippen molar-refractivity contribution in [2.24, 2.45) is 0 Å². The lowest BCUT2D eigenvalue weighted by molar-refractivity contribution is 0.673. The van der Waals surface area contributed by atoms with E-state index in [-0.39, 0.29) is 0 Å².